The fourth-order valence-corrected chi connectivity index (χ4v) is 8.02. The third-order valence-corrected chi connectivity index (χ3v) is 9.61. The molecule has 0 fully saturated rings. The van der Waals surface area contributed by atoms with Gasteiger partial charge < -0.3 is 9.73 Å². The minimum absolute atomic E-state index is 0.0701. The van der Waals surface area contributed by atoms with Crippen LogP contribution in [-0.4, -0.2) is 14.3 Å². The van der Waals surface area contributed by atoms with Gasteiger partial charge in [-0.25, -0.2) is 12.7 Å². The van der Waals surface area contributed by atoms with Gasteiger partial charge in [0.15, 0.2) is 5.54 Å². The Morgan fingerprint density at radius 3 is 2.37 bits per heavy atom. The number of nitrogens with one attached hydrogen (secondary N) is 1. The summed E-state index contributed by atoms with van der Waals surface area (Å²) in [7, 11) is -4.30. The number of furan rings is 1. The number of halogens is 1. The van der Waals surface area contributed by atoms with Crippen LogP contribution in [0.15, 0.2) is 106 Å². The molecule has 2 aliphatic heterocycles. The van der Waals surface area contributed by atoms with E-state index in [0.29, 0.717) is 38.7 Å². The highest BCUT2D eigenvalue weighted by molar-refractivity contribution is 7.93. The van der Waals surface area contributed by atoms with Crippen LogP contribution < -0.4 is 9.62 Å². The molecule has 0 bridgehead atoms. The van der Waals surface area contributed by atoms with E-state index in [1.165, 1.54) is 4.31 Å². The van der Waals surface area contributed by atoms with Crippen LogP contribution in [0.4, 0.5) is 11.4 Å². The first-order valence-corrected chi connectivity index (χ1v) is 14.0. The first kappa shape index (κ1) is 23.1. The molecule has 0 aliphatic carbocycles. The standard InChI is InChI=1S/C30H21ClN2O4S/c1-18-14-16-20(17-15-18)38(35,36)33-27-21-10-5-6-13-24(21)37-28(27)25(19-8-3-2-4-9-19)30(33)26-22(31)11-7-12-23(26)32-29(30)34/h2-17,25H,1H3,(H,32,34). The summed E-state index contributed by atoms with van der Waals surface area (Å²) in [5, 5.41) is 3.83. The van der Waals surface area contributed by atoms with E-state index in [9.17, 15) is 13.2 Å². The molecule has 188 valence electrons. The molecule has 1 aromatic heterocycles. The second kappa shape index (κ2) is 7.96. The second-order valence-electron chi connectivity index (χ2n) is 9.62. The Hall–Kier alpha value is -4.07. The maximum Gasteiger partial charge on any atom is 0.265 e. The highest BCUT2D eigenvalue weighted by atomic mass is 35.5. The molecule has 6 nitrogen and oxygen atoms in total. The lowest BCUT2D eigenvalue weighted by molar-refractivity contribution is -0.120. The number of fused-ring (bicyclic) bond motifs is 5. The van der Waals surface area contributed by atoms with E-state index >= 15 is 0 Å². The molecule has 5 aromatic rings. The molecular formula is C30H21ClN2O4S. The van der Waals surface area contributed by atoms with Crippen molar-refractivity contribution in [3.8, 4) is 0 Å². The zero-order valence-electron chi connectivity index (χ0n) is 20.2. The van der Waals surface area contributed by atoms with Crippen molar-refractivity contribution < 1.29 is 17.6 Å². The van der Waals surface area contributed by atoms with E-state index < -0.39 is 27.4 Å². The van der Waals surface area contributed by atoms with Gasteiger partial charge in [-0.2, -0.15) is 0 Å². The lowest BCUT2D eigenvalue weighted by Crippen LogP contribution is -2.54. The number of sulfonamides is 1. The smallest absolute Gasteiger partial charge is 0.265 e. The first-order chi connectivity index (χ1) is 18.3. The number of carbonyl (C=O) groups is 1. The summed E-state index contributed by atoms with van der Waals surface area (Å²) < 4.78 is 37.1. The van der Waals surface area contributed by atoms with E-state index in [2.05, 4.69) is 5.32 Å². The number of aryl methyl sites for hydroxylation is 1. The van der Waals surface area contributed by atoms with Crippen molar-refractivity contribution in [1.29, 1.82) is 0 Å². The number of benzene rings is 4. The molecule has 7 rings (SSSR count). The minimum Gasteiger partial charge on any atom is -0.458 e. The van der Waals surface area contributed by atoms with E-state index in [1.807, 2.05) is 55.5 Å². The summed E-state index contributed by atoms with van der Waals surface area (Å²) in [6.07, 6.45) is 0. The predicted octanol–water partition coefficient (Wildman–Crippen LogP) is 6.58. The summed E-state index contributed by atoms with van der Waals surface area (Å²) in [6.45, 7) is 1.89. The summed E-state index contributed by atoms with van der Waals surface area (Å²) >= 11 is 6.82. The van der Waals surface area contributed by atoms with Crippen molar-refractivity contribution >= 4 is 49.9 Å². The molecule has 8 heteroatoms. The lowest BCUT2D eigenvalue weighted by Gasteiger charge is -2.38. The van der Waals surface area contributed by atoms with Gasteiger partial charge in [0.25, 0.3) is 15.9 Å². The van der Waals surface area contributed by atoms with E-state index in [4.69, 9.17) is 16.0 Å². The van der Waals surface area contributed by atoms with Gasteiger partial charge in [0.2, 0.25) is 0 Å². The van der Waals surface area contributed by atoms with E-state index in [-0.39, 0.29) is 4.90 Å². The van der Waals surface area contributed by atoms with Crippen molar-refractivity contribution in [2.45, 2.75) is 23.3 Å². The third-order valence-electron chi connectivity index (χ3n) is 7.48. The molecule has 0 radical (unpaired) electrons. The molecule has 0 saturated carbocycles. The van der Waals surface area contributed by atoms with Crippen molar-refractivity contribution in [2.24, 2.45) is 0 Å². The number of carbonyl (C=O) groups excluding carboxylic acids is 1. The average molecular weight is 541 g/mol. The molecule has 2 aliphatic rings. The Balaban J connectivity index is 1.66. The fraction of sp³-hybridized carbons (Fsp3) is 0.100. The summed E-state index contributed by atoms with van der Waals surface area (Å²) in [5.74, 6) is -0.885. The van der Waals surface area contributed by atoms with Crippen LogP contribution >= 0.6 is 11.6 Å². The molecule has 2 unspecified atom stereocenters. The molecule has 2 atom stereocenters. The monoisotopic (exact) mass is 540 g/mol. The van der Waals surface area contributed by atoms with Gasteiger partial charge in [-0.05, 0) is 48.9 Å². The summed E-state index contributed by atoms with van der Waals surface area (Å²) in [6, 6.07) is 28.4. The fourth-order valence-electron chi connectivity index (χ4n) is 5.92. The van der Waals surface area contributed by atoms with Crippen LogP contribution in [0.25, 0.3) is 11.0 Å². The third kappa shape index (κ3) is 2.88. The number of amides is 1. The number of nitrogens with zero attached hydrogens (tertiary/aromatic N) is 1. The van der Waals surface area contributed by atoms with Gasteiger partial charge in [0.1, 0.15) is 17.0 Å². The quantitative estimate of drug-likeness (QED) is 0.280. The van der Waals surface area contributed by atoms with Crippen LogP contribution in [-0.2, 0) is 20.4 Å². The molecular weight excluding hydrogens is 520 g/mol. The Bertz CT molecular complexity index is 1870. The lowest BCUT2D eigenvalue weighted by atomic mass is 9.76. The minimum atomic E-state index is -4.30. The van der Waals surface area contributed by atoms with Crippen molar-refractivity contribution in [3.63, 3.8) is 0 Å². The second-order valence-corrected chi connectivity index (χ2v) is 11.8. The Kier molecular flexibility index (Phi) is 4.84. The Morgan fingerprint density at radius 2 is 1.61 bits per heavy atom. The topological polar surface area (TPSA) is 79.6 Å². The highest BCUT2D eigenvalue weighted by Gasteiger charge is 2.68. The molecule has 1 N–H and O–H groups in total. The summed E-state index contributed by atoms with van der Waals surface area (Å²) in [5.41, 5.74) is 1.67. The molecule has 0 saturated heterocycles. The molecule has 4 aromatic carbocycles. The van der Waals surface area contributed by atoms with Crippen molar-refractivity contribution in [3.05, 3.63) is 125 Å². The van der Waals surface area contributed by atoms with Crippen molar-refractivity contribution in [1.82, 2.24) is 0 Å². The Labute approximate surface area is 224 Å². The first-order valence-electron chi connectivity index (χ1n) is 12.1. The number of anilines is 2. The number of hydrogen-bond acceptors (Lipinski definition) is 4. The zero-order valence-corrected chi connectivity index (χ0v) is 21.8. The maximum atomic E-state index is 14.7. The average Bonchev–Trinajstić information content (AvgIpc) is 3.52. The van der Waals surface area contributed by atoms with Crippen LogP contribution in [0, 0.1) is 6.92 Å². The zero-order chi connectivity index (χ0) is 26.2. The van der Waals surface area contributed by atoms with E-state index in [0.717, 1.165) is 11.1 Å². The van der Waals surface area contributed by atoms with Crippen LogP contribution in [0.2, 0.25) is 5.02 Å². The predicted molar refractivity (Wildman–Crippen MR) is 147 cm³/mol. The van der Waals surface area contributed by atoms with Gasteiger partial charge in [-0.1, -0.05) is 77.8 Å². The number of para-hydroxylation sites is 1. The van der Waals surface area contributed by atoms with Gasteiger partial charge in [0.05, 0.1) is 10.8 Å². The number of hydrogen-bond donors (Lipinski definition) is 1. The highest BCUT2D eigenvalue weighted by Crippen LogP contribution is 2.64. The molecule has 1 spiro atoms. The van der Waals surface area contributed by atoms with Gasteiger partial charge in [-0.3, -0.25) is 4.79 Å². The summed E-state index contributed by atoms with van der Waals surface area (Å²) in [4.78, 5) is 14.4. The van der Waals surface area contributed by atoms with Gasteiger partial charge >= 0.3 is 0 Å². The van der Waals surface area contributed by atoms with Crippen LogP contribution in [0.5, 0.6) is 0 Å². The van der Waals surface area contributed by atoms with Crippen LogP contribution in [0.3, 0.4) is 0 Å². The maximum absolute atomic E-state index is 14.7. The molecule has 3 heterocycles. The largest absolute Gasteiger partial charge is 0.458 e. The van der Waals surface area contributed by atoms with E-state index in [1.54, 1.807) is 48.5 Å². The Morgan fingerprint density at radius 1 is 0.895 bits per heavy atom. The van der Waals surface area contributed by atoms with Gasteiger partial charge in [-0.15, -0.1) is 0 Å². The SMILES string of the molecule is Cc1ccc(S(=O)(=O)N2c3c(oc4ccccc34)C(c3ccccc3)C23C(=O)Nc2cccc(Cl)c23)cc1. The molecule has 1 amide bonds. The van der Waals surface area contributed by atoms with Crippen molar-refractivity contribution in [2.75, 3.05) is 9.62 Å². The molecule has 38 heavy (non-hydrogen) atoms. The number of rotatable bonds is 3. The normalized spacial score (nSPS) is 20.1. The van der Waals surface area contributed by atoms with Crippen LogP contribution in [0.1, 0.15) is 28.4 Å². The van der Waals surface area contributed by atoms with Gasteiger partial charge in [0, 0.05) is 21.7 Å².